The van der Waals surface area contributed by atoms with Crippen molar-refractivity contribution in [2.24, 2.45) is 0 Å². The summed E-state index contributed by atoms with van der Waals surface area (Å²) < 4.78 is 5.60. The molecule has 0 fully saturated rings. The van der Waals surface area contributed by atoms with E-state index in [9.17, 15) is 4.79 Å². The highest BCUT2D eigenvalue weighted by atomic mass is 31.0. The maximum Gasteiger partial charge on any atom is 0.373 e. The third-order valence-corrected chi connectivity index (χ3v) is 4.64. The van der Waals surface area contributed by atoms with Gasteiger partial charge in [-0.1, -0.05) is 91.0 Å². The van der Waals surface area contributed by atoms with Gasteiger partial charge in [0.25, 0.3) is 0 Å². The number of ether oxygens (including phenoxy) is 1. The van der Waals surface area contributed by atoms with Gasteiger partial charge in [-0.05, 0) is 16.7 Å². The maximum atomic E-state index is 11.9. The standard InChI is InChI=1S/C22H19O2P/c23-21(16-25)24-17-22(18-10-4-1-5-11-18,19-12-6-2-7-13-19)20-14-8-3-9-15-20/h1-16,25H,17H2/p+1. The van der Waals surface area contributed by atoms with Gasteiger partial charge in [0.2, 0.25) is 0 Å². The van der Waals surface area contributed by atoms with Gasteiger partial charge in [0.05, 0.1) is 14.3 Å². The Morgan fingerprint density at radius 1 is 0.760 bits per heavy atom. The van der Waals surface area contributed by atoms with E-state index in [2.05, 4.69) is 45.3 Å². The zero-order chi connectivity index (χ0) is 17.5. The van der Waals surface area contributed by atoms with Crippen molar-refractivity contribution in [3.05, 3.63) is 108 Å². The lowest BCUT2D eigenvalue weighted by Crippen LogP contribution is -2.36. The minimum absolute atomic E-state index is 0.231. The second-order valence-electron chi connectivity index (χ2n) is 5.78. The van der Waals surface area contributed by atoms with Crippen molar-refractivity contribution in [3.63, 3.8) is 0 Å². The molecule has 1 unspecified atom stereocenters. The molecule has 0 aromatic heterocycles. The molecule has 0 aliphatic heterocycles. The number of benzene rings is 3. The van der Waals surface area contributed by atoms with Crippen molar-refractivity contribution in [1.29, 1.82) is 0 Å². The Morgan fingerprint density at radius 2 is 1.12 bits per heavy atom. The van der Waals surface area contributed by atoms with Gasteiger partial charge in [-0.3, -0.25) is 0 Å². The van der Waals surface area contributed by atoms with Crippen molar-refractivity contribution in [2.75, 3.05) is 6.61 Å². The minimum atomic E-state index is -0.562. The lowest BCUT2D eigenvalue weighted by molar-refractivity contribution is -0.135. The first kappa shape index (κ1) is 17.1. The molecule has 2 nitrogen and oxygen atoms in total. The monoisotopic (exact) mass is 347 g/mol. The largest absolute Gasteiger partial charge is 0.458 e. The van der Waals surface area contributed by atoms with Crippen LogP contribution in [-0.4, -0.2) is 18.4 Å². The molecule has 25 heavy (non-hydrogen) atoms. The van der Waals surface area contributed by atoms with Crippen LogP contribution < -0.4 is 0 Å². The van der Waals surface area contributed by atoms with Crippen LogP contribution in [0.25, 0.3) is 0 Å². The van der Waals surface area contributed by atoms with E-state index < -0.39 is 5.41 Å². The Kier molecular flexibility index (Phi) is 5.42. The van der Waals surface area contributed by atoms with Crippen LogP contribution in [0.3, 0.4) is 0 Å². The van der Waals surface area contributed by atoms with E-state index in [-0.39, 0.29) is 12.6 Å². The molecule has 0 amide bonds. The summed E-state index contributed by atoms with van der Waals surface area (Å²) in [6.07, 6.45) is 0. The Balaban J connectivity index is 2.23. The molecular formula is C22H20O2P+. The van der Waals surface area contributed by atoms with Gasteiger partial charge in [0, 0.05) is 0 Å². The first-order valence-corrected chi connectivity index (χ1v) is 8.82. The first-order valence-electron chi connectivity index (χ1n) is 8.15. The average molecular weight is 347 g/mol. The Bertz CT molecular complexity index is 733. The van der Waals surface area contributed by atoms with Crippen molar-refractivity contribution in [1.82, 2.24) is 0 Å². The van der Waals surface area contributed by atoms with E-state index in [1.54, 1.807) is 0 Å². The van der Waals surface area contributed by atoms with Crippen LogP contribution in [0.5, 0.6) is 0 Å². The summed E-state index contributed by atoms with van der Waals surface area (Å²) in [5.41, 5.74) is 2.70. The van der Waals surface area contributed by atoms with Crippen LogP contribution in [-0.2, 0) is 14.9 Å². The zero-order valence-electron chi connectivity index (χ0n) is 13.8. The van der Waals surface area contributed by atoms with Gasteiger partial charge in [0.15, 0.2) is 5.80 Å². The molecule has 0 aliphatic rings. The van der Waals surface area contributed by atoms with Crippen LogP contribution in [0.2, 0.25) is 0 Å². The third-order valence-electron chi connectivity index (χ3n) is 4.37. The molecule has 3 rings (SSSR count). The second-order valence-corrected chi connectivity index (χ2v) is 6.11. The molecular weight excluding hydrogens is 327 g/mol. The summed E-state index contributed by atoms with van der Waals surface area (Å²) in [6, 6.07) is 30.5. The summed E-state index contributed by atoms with van der Waals surface area (Å²) in [5, 5.41) is 0. The average Bonchev–Trinajstić information content (AvgIpc) is 2.71. The van der Waals surface area contributed by atoms with Crippen LogP contribution in [0, 0.1) is 0 Å². The number of hydrogen-bond acceptors (Lipinski definition) is 2. The van der Waals surface area contributed by atoms with E-state index in [1.807, 2.05) is 54.6 Å². The molecule has 0 radical (unpaired) electrons. The fourth-order valence-corrected chi connectivity index (χ4v) is 3.24. The molecule has 1 atom stereocenters. The van der Waals surface area contributed by atoms with Crippen molar-refractivity contribution in [3.8, 4) is 0 Å². The smallest absolute Gasteiger partial charge is 0.373 e. The molecule has 0 saturated carbocycles. The number of rotatable bonds is 6. The molecule has 0 bridgehead atoms. The number of carbonyl (C=O) groups excluding carboxylic acids is 1. The summed E-state index contributed by atoms with van der Waals surface area (Å²) >= 11 is 0. The fourth-order valence-electron chi connectivity index (χ4n) is 3.15. The number of hydrogen-bond donors (Lipinski definition) is 0. The fraction of sp³-hybridized carbons (Fsp3) is 0.0909. The summed E-state index contributed by atoms with van der Waals surface area (Å²) in [5.74, 6) is 1.02. The predicted octanol–water partition coefficient (Wildman–Crippen LogP) is 4.24. The van der Waals surface area contributed by atoms with Gasteiger partial charge >= 0.3 is 5.97 Å². The minimum Gasteiger partial charge on any atom is -0.458 e. The van der Waals surface area contributed by atoms with E-state index in [0.717, 1.165) is 16.7 Å². The summed E-state index contributed by atoms with van der Waals surface area (Å²) in [6.45, 7) is 0.231. The van der Waals surface area contributed by atoms with Crippen LogP contribution >= 0.6 is 8.86 Å². The topological polar surface area (TPSA) is 26.3 Å². The molecule has 124 valence electrons. The SMILES string of the molecule is O=C(C=[PH2+])OCC(c1ccccc1)(c1ccccc1)c1ccccc1. The van der Waals surface area contributed by atoms with Crippen molar-refractivity contribution < 1.29 is 9.53 Å². The van der Waals surface area contributed by atoms with Gasteiger partial charge < -0.3 is 4.74 Å². The number of esters is 1. The molecule has 0 aliphatic carbocycles. The Labute approximate surface area is 150 Å². The highest BCUT2D eigenvalue weighted by Gasteiger charge is 2.37. The van der Waals surface area contributed by atoms with Crippen molar-refractivity contribution in [2.45, 2.75) is 5.41 Å². The van der Waals surface area contributed by atoms with Crippen LogP contribution in [0.4, 0.5) is 0 Å². The first-order chi connectivity index (χ1) is 12.3. The lowest BCUT2D eigenvalue weighted by atomic mass is 9.70. The van der Waals surface area contributed by atoms with E-state index in [4.69, 9.17) is 4.74 Å². The quantitative estimate of drug-likeness (QED) is 0.379. The molecule has 3 aromatic rings. The third kappa shape index (κ3) is 3.55. The second kappa shape index (κ2) is 7.92. The molecule has 3 heteroatoms. The summed E-state index contributed by atoms with van der Waals surface area (Å²) in [7, 11) is 2.30. The number of carbonyl (C=O) groups is 1. The van der Waals surface area contributed by atoms with E-state index >= 15 is 0 Å². The van der Waals surface area contributed by atoms with Gasteiger partial charge in [0.1, 0.15) is 6.61 Å². The van der Waals surface area contributed by atoms with Crippen LogP contribution in [0.1, 0.15) is 16.7 Å². The van der Waals surface area contributed by atoms with Crippen LogP contribution in [0.15, 0.2) is 91.0 Å². The van der Waals surface area contributed by atoms with Gasteiger partial charge in [-0.15, -0.1) is 0 Å². The highest BCUT2D eigenvalue weighted by molar-refractivity contribution is 7.21. The molecule has 0 spiro atoms. The van der Waals surface area contributed by atoms with Gasteiger partial charge in [-0.25, -0.2) is 4.79 Å². The molecule has 0 N–H and O–H groups in total. The van der Waals surface area contributed by atoms with E-state index in [0.29, 0.717) is 0 Å². The summed E-state index contributed by atoms with van der Waals surface area (Å²) in [4.78, 5) is 11.9. The lowest BCUT2D eigenvalue weighted by Gasteiger charge is -2.35. The zero-order valence-corrected chi connectivity index (χ0v) is 15.0. The highest BCUT2D eigenvalue weighted by Crippen LogP contribution is 2.39. The van der Waals surface area contributed by atoms with Crippen molar-refractivity contribution >= 4 is 20.6 Å². The molecule has 0 saturated heterocycles. The Morgan fingerprint density at radius 3 is 1.44 bits per heavy atom. The van der Waals surface area contributed by atoms with Gasteiger partial charge in [-0.2, -0.15) is 0 Å². The predicted molar refractivity (Wildman–Crippen MR) is 106 cm³/mol. The Hall–Kier alpha value is -2.70. The molecule has 3 aromatic carbocycles. The molecule has 0 heterocycles. The van der Waals surface area contributed by atoms with E-state index in [1.165, 1.54) is 5.80 Å². The normalized spacial score (nSPS) is 10.9. The maximum absolute atomic E-state index is 11.9.